The number of hydrogen-bond acceptors (Lipinski definition) is 6. The Morgan fingerprint density at radius 2 is 1.78 bits per heavy atom. The number of alkyl halides is 3. The predicted octanol–water partition coefficient (Wildman–Crippen LogP) is 2.93. The molecule has 3 heterocycles. The van der Waals surface area contributed by atoms with Gasteiger partial charge in [-0.05, 0) is 42.2 Å². The summed E-state index contributed by atoms with van der Waals surface area (Å²) in [5.41, 5.74) is 1.33. The molecule has 1 aliphatic carbocycles. The van der Waals surface area contributed by atoms with Crippen molar-refractivity contribution in [3.8, 4) is 5.75 Å². The number of aromatic nitrogens is 2. The van der Waals surface area contributed by atoms with Crippen molar-refractivity contribution in [2.45, 2.75) is 51.6 Å². The molecule has 3 aliphatic rings. The van der Waals surface area contributed by atoms with E-state index in [4.69, 9.17) is 4.74 Å². The van der Waals surface area contributed by atoms with Crippen molar-refractivity contribution in [1.29, 1.82) is 0 Å². The van der Waals surface area contributed by atoms with Crippen LogP contribution in [0.15, 0.2) is 35.3 Å². The van der Waals surface area contributed by atoms with Crippen LogP contribution >= 0.6 is 0 Å². The molecule has 1 spiro atoms. The van der Waals surface area contributed by atoms with Crippen molar-refractivity contribution in [3.05, 3.63) is 57.8 Å². The van der Waals surface area contributed by atoms with E-state index in [1.54, 1.807) is 6.92 Å². The van der Waals surface area contributed by atoms with Gasteiger partial charge in [0.25, 0.3) is 5.56 Å². The molecule has 8 nitrogen and oxygen atoms in total. The largest absolute Gasteiger partial charge is 0.486 e. The number of nitrogens with zero attached hydrogens (tertiary/aromatic N) is 4. The van der Waals surface area contributed by atoms with E-state index >= 15 is 0 Å². The second-order valence-electron chi connectivity index (χ2n) is 10.5. The van der Waals surface area contributed by atoms with Crippen LogP contribution in [0.25, 0.3) is 0 Å². The second-order valence-corrected chi connectivity index (χ2v) is 12.4. The Balaban J connectivity index is 1.28. The Kier molecular flexibility index (Phi) is 6.19. The lowest BCUT2D eigenvalue weighted by Crippen LogP contribution is -2.63. The van der Waals surface area contributed by atoms with Crippen molar-refractivity contribution in [2.75, 3.05) is 26.0 Å². The highest BCUT2D eigenvalue weighted by Crippen LogP contribution is 2.52. The van der Waals surface area contributed by atoms with Gasteiger partial charge in [-0.1, -0.05) is 24.3 Å². The minimum absolute atomic E-state index is 0.0432. The summed E-state index contributed by atoms with van der Waals surface area (Å²) in [7, 11) is -3.19. The maximum Gasteiger partial charge on any atom is 0.406 e. The number of fused-ring (bicyclic) bond motifs is 1. The van der Waals surface area contributed by atoms with E-state index in [1.807, 2.05) is 29.2 Å². The number of hydrogen-bond donors (Lipinski definition) is 0. The first-order valence-electron chi connectivity index (χ1n) is 11.9. The molecule has 0 amide bonds. The van der Waals surface area contributed by atoms with Gasteiger partial charge in [-0.2, -0.15) is 13.2 Å². The van der Waals surface area contributed by atoms with Crippen LogP contribution in [0.1, 0.15) is 42.8 Å². The lowest BCUT2D eigenvalue weighted by atomic mass is 9.59. The maximum absolute atomic E-state index is 13.4. The second kappa shape index (κ2) is 8.84. The Bertz CT molecular complexity index is 1290. The van der Waals surface area contributed by atoms with E-state index in [2.05, 4.69) is 4.98 Å². The van der Waals surface area contributed by atoms with Crippen LogP contribution in [-0.4, -0.2) is 59.3 Å². The Hall–Kier alpha value is -2.44. The zero-order valence-corrected chi connectivity index (χ0v) is 21.0. The van der Waals surface area contributed by atoms with Crippen LogP contribution < -0.4 is 10.3 Å². The molecule has 0 bridgehead atoms. The third-order valence-corrected chi connectivity index (χ3v) is 8.78. The van der Waals surface area contributed by atoms with Crippen LogP contribution in [0.2, 0.25) is 0 Å². The van der Waals surface area contributed by atoms with Crippen molar-refractivity contribution in [3.63, 3.8) is 0 Å². The summed E-state index contributed by atoms with van der Waals surface area (Å²) in [6.07, 6.45) is -0.664. The van der Waals surface area contributed by atoms with E-state index in [9.17, 15) is 26.4 Å². The van der Waals surface area contributed by atoms with E-state index in [0.717, 1.165) is 24.0 Å². The molecular formula is C24H29F3N4O4S. The minimum atomic E-state index is -4.59. The molecule has 0 radical (unpaired) electrons. The third kappa shape index (κ3) is 4.90. The minimum Gasteiger partial charge on any atom is -0.486 e. The first-order valence-corrected chi connectivity index (χ1v) is 13.7. The molecule has 1 atom stereocenters. The van der Waals surface area contributed by atoms with Crippen molar-refractivity contribution in [1.82, 2.24) is 18.8 Å². The summed E-state index contributed by atoms with van der Waals surface area (Å²) in [6, 6.07) is 7.31. The predicted molar refractivity (Wildman–Crippen MR) is 126 cm³/mol. The van der Waals surface area contributed by atoms with Gasteiger partial charge < -0.3 is 4.74 Å². The van der Waals surface area contributed by atoms with Gasteiger partial charge in [0.2, 0.25) is 15.8 Å². The molecule has 0 unspecified atom stereocenters. The van der Waals surface area contributed by atoms with Crippen LogP contribution in [0, 0.1) is 11.3 Å². The normalized spacial score (nSPS) is 21.1. The monoisotopic (exact) mass is 526 g/mol. The standard InChI is InChI=1S/C24H29F3N4O4S/c1-16(29-10-18-5-3-4-6-19(18)11-29)21-28-9-20(22(32)31(21)15-24(25,26)27)35-12-17-7-23(8-17)13-30(14-23)36(2,33)34/h3-6,9,16-17H,7-8,10-15H2,1-2H3/t16-/m0/s1. The van der Waals surface area contributed by atoms with Crippen LogP contribution in [0.4, 0.5) is 13.2 Å². The van der Waals surface area contributed by atoms with Gasteiger partial charge in [0.05, 0.1) is 25.1 Å². The highest BCUT2D eigenvalue weighted by molar-refractivity contribution is 7.88. The summed E-state index contributed by atoms with van der Waals surface area (Å²) in [6.45, 7) is 2.59. The highest BCUT2D eigenvalue weighted by Gasteiger charge is 2.54. The summed E-state index contributed by atoms with van der Waals surface area (Å²) in [5.74, 6) is -0.0356. The zero-order valence-electron chi connectivity index (χ0n) is 20.2. The maximum atomic E-state index is 13.4. The van der Waals surface area contributed by atoms with Gasteiger partial charge >= 0.3 is 6.18 Å². The van der Waals surface area contributed by atoms with Gasteiger partial charge in [-0.15, -0.1) is 0 Å². The Labute approximate surface area is 207 Å². The first-order chi connectivity index (χ1) is 16.8. The summed E-state index contributed by atoms with van der Waals surface area (Å²) >= 11 is 0. The zero-order chi connectivity index (χ0) is 25.9. The molecule has 2 aliphatic heterocycles. The van der Waals surface area contributed by atoms with Gasteiger partial charge in [0, 0.05) is 26.2 Å². The number of ether oxygens (including phenoxy) is 1. The molecule has 5 rings (SSSR count). The summed E-state index contributed by atoms with van der Waals surface area (Å²) in [4.78, 5) is 19.3. The molecule has 2 fully saturated rings. The van der Waals surface area contributed by atoms with Crippen LogP contribution in [-0.2, 0) is 29.7 Å². The summed E-state index contributed by atoms with van der Waals surface area (Å²) in [5, 5.41) is 0. The third-order valence-electron chi connectivity index (χ3n) is 7.58. The molecular weight excluding hydrogens is 497 g/mol. The fourth-order valence-electron chi connectivity index (χ4n) is 5.73. The number of halogens is 3. The average molecular weight is 527 g/mol. The molecule has 1 aromatic carbocycles. The molecule has 1 aromatic heterocycles. The number of rotatable bonds is 7. The van der Waals surface area contributed by atoms with Crippen LogP contribution in [0.5, 0.6) is 5.75 Å². The lowest BCUT2D eigenvalue weighted by molar-refractivity contribution is -0.142. The first kappa shape index (κ1) is 25.2. The number of sulfonamides is 1. The van der Waals surface area contributed by atoms with E-state index in [1.165, 1.54) is 16.8 Å². The van der Waals surface area contributed by atoms with Gasteiger partial charge in [0.15, 0.2) is 0 Å². The fourth-order valence-corrected chi connectivity index (χ4v) is 6.75. The fraction of sp³-hybridized carbons (Fsp3) is 0.583. The van der Waals surface area contributed by atoms with E-state index in [-0.39, 0.29) is 29.5 Å². The quantitative estimate of drug-likeness (QED) is 0.552. The topological polar surface area (TPSA) is 84.7 Å². The van der Waals surface area contributed by atoms with Crippen molar-refractivity contribution in [2.24, 2.45) is 11.3 Å². The van der Waals surface area contributed by atoms with E-state index < -0.39 is 34.3 Å². The average Bonchev–Trinajstić information content (AvgIpc) is 3.16. The van der Waals surface area contributed by atoms with Crippen LogP contribution in [0.3, 0.4) is 0 Å². The Morgan fingerprint density at radius 3 is 2.33 bits per heavy atom. The smallest absolute Gasteiger partial charge is 0.406 e. The molecule has 12 heteroatoms. The lowest BCUT2D eigenvalue weighted by Gasteiger charge is -2.58. The highest BCUT2D eigenvalue weighted by atomic mass is 32.2. The molecule has 1 saturated heterocycles. The van der Waals surface area contributed by atoms with E-state index in [0.29, 0.717) is 30.7 Å². The molecule has 2 aromatic rings. The van der Waals surface area contributed by atoms with Gasteiger partial charge in [0.1, 0.15) is 12.4 Å². The molecule has 1 saturated carbocycles. The van der Waals surface area contributed by atoms with Crippen molar-refractivity contribution < 1.29 is 26.3 Å². The van der Waals surface area contributed by atoms with Gasteiger partial charge in [-0.25, -0.2) is 17.7 Å². The SMILES string of the molecule is C[C@@H](c1ncc(OCC2CC3(C2)CN(S(C)(=O)=O)C3)c(=O)n1CC(F)(F)F)N1Cc2ccccc2C1. The van der Waals surface area contributed by atoms with Gasteiger partial charge in [-0.3, -0.25) is 14.3 Å². The summed E-state index contributed by atoms with van der Waals surface area (Å²) < 4.78 is 71.2. The molecule has 196 valence electrons. The molecule has 0 N–H and O–H groups in total. The molecule has 36 heavy (non-hydrogen) atoms. The number of benzene rings is 1. The van der Waals surface area contributed by atoms with Crippen molar-refractivity contribution >= 4 is 10.0 Å². The Morgan fingerprint density at radius 1 is 1.17 bits per heavy atom.